The van der Waals surface area contributed by atoms with E-state index in [1.165, 1.54) is 11.3 Å². The number of nitrogen functional groups attached to an aromatic ring is 1. The number of aromatic nitrogens is 1. The monoisotopic (exact) mass is 225 g/mol. The molecule has 0 aliphatic rings. The van der Waals surface area contributed by atoms with Crippen molar-refractivity contribution in [1.29, 1.82) is 0 Å². The van der Waals surface area contributed by atoms with E-state index >= 15 is 0 Å². The number of thiazole rings is 1. The van der Waals surface area contributed by atoms with Crippen LogP contribution in [-0.2, 0) is 9.63 Å². The molecule has 1 heterocycles. The molecule has 0 aliphatic heterocycles. The van der Waals surface area contributed by atoms with Gasteiger partial charge in [0.25, 0.3) is 0 Å². The van der Waals surface area contributed by atoms with E-state index < -0.39 is 0 Å². The summed E-state index contributed by atoms with van der Waals surface area (Å²) in [6.45, 7) is 3.92. The van der Waals surface area contributed by atoms with Crippen LogP contribution < -0.4 is 5.73 Å². The Kier molecular flexibility index (Phi) is 4.49. The van der Waals surface area contributed by atoms with Gasteiger partial charge in [-0.25, -0.2) is 4.98 Å². The van der Waals surface area contributed by atoms with Crippen molar-refractivity contribution in [2.24, 2.45) is 5.16 Å². The summed E-state index contributed by atoms with van der Waals surface area (Å²) in [5.41, 5.74) is 6.01. The number of carbonyl (C=O) groups is 1. The minimum atomic E-state index is 0.145. The number of carbonyl (C=O) groups excluding carboxylic acids is 1. The van der Waals surface area contributed by atoms with Crippen LogP contribution in [0.3, 0.4) is 0 Å². The molecule has 0 amide bonds. The van der Waals surface area contributed by atoms with E-state index in [2.05, 4.69) is 16.7 Å². The van der Waals surface area contributed by atoms with E-state index in [0.29, 0.717) is 30.1 Å². The first-order valence-electron chi connectivity index (χ1n) is 4.25. The predicted octanol–water partition coefficient (Wildman–Crippen LogP) is 1.22. The van der Waals surface area contributed by atoms with Gasteiger partial charge in [0, 0.05) is 11.8 Å². The Morgan fingerprint density at radius 3 is 3.13 bits per heavy atom. The van der Waals surface area contributed by atoms with Crippen LogP contribution in [0.25, 0.3) is 0 Å². The van der Waals surface area contributed by atoms with E-state index in [1.807, 2.05) is 0 Å². The average Bonchev–Trinajstić information content (AvgIpc) is 2.65. The van der Waals surface area contributed by atoms with Crippen molar-refractivity contribution in [2.75, 3.05) is 12.3 Å². The SMILES string of the molecule is C=CCCO/N=C(\C=O)c1csc(N)n1. The zero-order valence-electron chi connectivity index (χ0n) is 8.05. The molecule has 0 unspecified atom stereocenters. The van der Waals surface area contributed by atoms with Gasteiger partial charge >= 0.3 is 0 Å². The van der Waals surface area contributed by atoms with Gasteiger partial charge in [-0.1, -0.05) is 11.2 Å². The molecule has 1 aromatic rings. The molecule has 6 heteroatoms. The van der Waals surface area contributed by atoms with Crippen molar-refractivity contribution in [1.82, 2.24) is 4.98 Å². The van der Waals surface area contributed by atoms with Crippen molar-refractivity contribution in [2.45, 2.75) is 6.42 Å². The van der Waals surface area contributed by atoms with Gasteiger partial charge in [0.15, 0.2) is 17.1 Å². The summed E-state index contributed by atoms with van der Waals surface area (Å²) in [7, 11) is 0. The minimum absolute atomic E-state index is 0.145. The van der Waals surface area contributed by atoms with Crippen LogP contribution in [0, 0.1) is 0 Å². The van der Waals surface area contributed by atoms with Gasteiger partial charge in [-0.3, -0.25) is 4.79 Å². The topological polar surface area (TPSA) is 77.6 Å². The Labute approximate surface area is 91.3 Å². The summed E-state index contributed by atoms with van der Waals surface area (Å²) in [6, 6.07) is 0. The highest BCUT2D eigenvalue weighted by Gasteiger charge is 2.07. The lowest BCUT2D eigenvalue weighted by Crippen LogP contribution is -2.04. The van der Waals surface area contributed by atoms with Crippen molar-refractivity contribution in [3.8, 4) is 0 Å². The number of hydrogen-bond donors (Lipinski definition) is 1. The zero-order valence-corrected chi connectivity index (χ0v) is 8.87. The number of aldehydes is 1. The molecule has 0 atom stereocenters. The standard InChI is InChI=1S/C9H11N3O2S/c1-2-3-4-14-12-7(5-13)8-6-15-9(10)11-8/h2,5-6H,1,3-4H2,(H2,10,11)/b12-7+. The summed E-state index contributed by atoms with van der Waals surface area (Å²) < 4.78 is 0. The van der Waals surface area contributed by atoms with Crippen LogP contribution in [0.1, 0.15) is 12.1 Å². The van der Waals surface area contributed by atoms with E-state index in [9.17, 15) is 4.79 Å². The number of rotatable bonds is 6. The van der Waals surface area contributed by atoms with Crippen LogP contribution in [-0.4, -0.2) is 23.6 Å². The molecule has 0 aliphatic carbocycles. The number of nitrogens with zero attached hydrogens (tertiary/aromatic N) is 2. The zero-order chi connectivity index (χ0) is 11.1. The van der Waals surface area contributed by atoms with E-state index in [0.717, 1.165) is 0 Å². The molecular weight excluding hydrogens is 214 g/mol. The molecule has 1 rings (SSSR count). The summed E-state index contributed by atoms with van der Waals surface area (Å²) in [4.78, 5) is 19.5. The quantitative estimate of drug-likeness (QED) is 0.259. The molecule has 0 saturated carbocycles. The first-order chi connectivity index (χ1) is 7.27. The van der Waals surface area contributed by atoms with E-state index in [1.54, 1.807) is 11.5 Å². The molecule has 1 aromatic heterocycles. The number of oxime groups is 1. The highest BCUT2D eigenvalue weighted by molar-refractivity contribution is 7.13. The molecule has 0 aromatic carbocycles. The highest BCUT2D eigenvalue weighted by Crippen LogP contribution is 2.11. The minimum Gasteiger partial charge on any atom is -0.395 e. The first-order valence-corrected chi connectivity index (χ1v) is 5.13. The third-order valence-electron chi connectivity index (χ3n) is 1.47. The second-order valence-corrected chi connectivity index (χ2v) is 3.47. The lowest BCUT2D eigenvalue weighted by Gasteiger charge is -1.96. The molecule has 80 valence electrons. The van der Waals surface area contributed by atoms with Crippen LogP contribution in [0.2, 0.25) is 0 Å². The van der Waals surface area contributed by atoms with Gasteiger partial charge in [0.2, 0.25) is 0 Å². The summed E-state index contributed by atoms with van der Waals surface area (Å²) >= 11 is 1.25. The summed E-state index contributed by atoms with van der Waals surface area (Å²) in [5, 5.41) is 5.70. The highest BCUT2D eigenvalue weighted by atomic mass is 32.1. The van der Waals surface area contributed by atoms with Crippen LogP contribution >= 0.6 is 11.3 Å². The Morgan fingerprint density at radius 2 is 2.60 bits per heavy atom. The predicted molar refractivity (Wildman–Crippen MR) is 59.9 cm³/mol. The van der Waals surface area contributed by atoms with Gasteiger partial charge in [0.1, 0.15) is 12.3 Å². The van der Waals surface area contributed by atoms with Gasteiger partial charge < -0.3 is 10.6 Å². The second kappa shape index (κ2) is 5.92. The Hall–Kier alpha value is -1.69. The molecule has 0 fully saturated rings. The molecule has 0 bridgehead atoms. The molecular formula is C9H11N3O2S. The fourth-order valence-corrected chi connectivity index (χ4v) is 1.34. The summed E-state index contributed by atoms with van der Waals surface area (Å²) in [5.74, 6) is 0. The fourth-order valence-electron chi connectivity index (χ4n) is 0.785. The maximum absolute atomic E-state index is 10.7. The van der Waals surface area contributed by atoms with Crippen molar-refractivity contribution >= 4 is 28.5 Å². The van der Waals surface area contributed by atoms with Gasteiger partial charge in [-0.05, 0) is 0 Å². The third kappa shape index (κ3) is 3.51. The summed E-state index contributed by atoms with van der Waals surface area (Å²) in [6.07, 6.45) is 2.97. The Bertz CT molecular complexity index is 373. The van der Waals surface area contributed by atoms with Gasteiger partial charge in [-0.2, -0.15) is 0 Å². The van der Waals surface area contributed by atoms with E-state index in [4.69, 9.17) is 10.6 Å². The molecule has 2 N–H and O–H groups in total. The normalized spacial score (nSPS) is 11.1. The first kappa shape index (κ1) is 11.4. The van der Waals surface area contributed by atoms with Crippen molar-refractivity contribution in [3.63, 3.8) is 0 Å². The maximum atomic E-state index is 10.7. The average molecular weight is 225 g/mol. The van der Waals surface area contributed by atoms with Crippen molar-refractivity contribution < 1.29 is 9.63 Å². The Morgan fingerprint density at radius 1 is 1.80 bits per heavy atom. The molecule has 0 spiro atoms. The molecule has 15 heavy (non-hydrogen) atoms. The fraction of sp³-hybridized carbons (Fsp3) is 0.222. The number of anilines is 1. The van der Waals surface area contributed by atoms with Gasteiger partial charge in [-0.15, -0.1) is 17.9 Å². The number of hydrogen-bond acceptors (Lipinski definition) is 6. The van der Waals surface area contributed by atoms with E-state index in [-0.39, 0.29) is 5.71 Å². The maximum Gasteiger partial charge on any atom is 0.180 e. The molecule has 5 nitrogen and oxygen atoms in total. The lowest BCUT2D eigenvalue weighted by molar-refractivity contribution is -0.102. The van der Waals surface area contributed by atoms with Crippen LogP contribution in [0.15, 0.2) is 23.2 Å². The molecule has 0 saturated heterocycles. The number of nitrogens with two attached hydrogens (primary N) is 1. The lowest BCUT2D eigenvalue weighted by atomic mass is 10.3. The molecule has 0 radical (unpaired) electrons. The van der Waals surface area contributed by atoms with Crippen molar-refractivity contribution in [3.05, 3.63) is 23.7 Å². The third-order valence-corrected chi connectivity index (χ3v) is 2.15. The second-order valence-electron chi connectivity index (χ2n) is 2.58. The largest absolute Gasteiger partial charge is 0.395 e. The van der Waals surface area contributed by atoms with Gasteiger partial charge in [0.05, 0.1) is 0 Å². The van der Waals surface area contributed by atoms with Crippen LogP contribution in [0.5, 0.6) is 0 Å². The Balaban J connectivity index is 2.62. The smallest absolute Gasteiger partial charge is 0.180 e. The van der Waals surface area contributed by atoms with Crippen LogP contribution in [0.4, 0.5) is 5.13 Å².